The molecule has 23 heavy (non-hydrogen) atoms. The number of hydrogen-bond donors (Lipinski definition) is 4. The van der Waals surface area contributed by atoms with Gasteiger partial charge < -0.3 is 21.1 Å². The minimum atomic E-state index is -0.732. The Kier molecular flexibility index (Phi) is 4.66. The van der Waals surface area contributed by atoms with Gasteiger partial charge in [-0.1, -0.05) is 6.07 Å². The minimum Gasteiger partial charge on any atom is -0.508 e. The summed E-state index contributed by atoms with van der Waals surface area (Å²) in [6.45, 7) is 8.33. The molecule has 1 aromatic carbocycles. The van der Waals surface area contributed by atoms with Crippen molar-refractivity contribution in [2.45, 2.75) is 57.7 Å². The van der Waals surface area contributed by atoms with Crippen molar-refractivity contribution in [2.24, 2.45) is 0 Å². The number of amides is 2. The summed E-state index contributed by atoms with van der Waals surface area (Å²) in [5, 5.41) is 18.2. The van der Waals surface area contributed by atoms with Crippen molar-refractivity contribution in [2.75, 3.05) is 5.32 Å². The van der Waals surface area contributed by atoms with Crippen LogP contribution in [0.4, 0.5) is 5.69 Å². The van der Waals surface area contributed by atoms with Gasteiger partial charge in [0.2, 0.25) is 0 Å². The van der Waals surface area contributed by atoms with E-state index in [1.807, 2.05) is 0 Å². The lowest BCUT2D eigenvalue weighted by Gasteiger charge is -2.46. The van der Waals surface area contributed by atoms with Crippen LogP contribution in [-0.4, -0.2) is 34.0 Å². The van der Waals surface area contributed by atoms with E-state index in [0.717, 1.165) is 12.8 Å². The molecule has 0 spiro atoms. The summed E-state index contributed by atoms with van der Waals surface area (Å²) in [6.07, 6.45) is 1.50. The number of rotatable bonds is 2. The number of phenols is 1. The van der Waals surface area contributed by atoms with Crippen LogP contribution >= 0.6 is 0 Å². The van der Waals surface area contributed by atoms with Crippen molar-refractivity contribution >= 4 is 17.5 Å². The van der Waals surface area contributed by atoms with Crippen LogP contribution in [0.5, 0.6) is 5.75 Å². The molecule has 6 nitrogen and oxygen atoms in total. The average Bonchev–Trinajstić information content (AvgIpc) is 2.34. The van der Waals surface area contributed by atoms with Gasteiger partial charge in [0.1, 0.15) is 5.75 Å². The molecule has 1 aliphatic heterocycles. The SMILES string of the molecule is CC1(C)CC(NC(=O)C(=O)Nc2cccc(O)c2)CC(C)(C)N1. The Morgan fingerprint density at radius 1 is 1.13 bits per heavy atom. The Balaban J connectivity index is 1.97. The second-order valence-electron chi connectivity index (χ2n) is 7.48. The van der Waals surface area contributed by atoms with Gasteiger partial charge in [0.15, 0.2) is 0 Å². The van der Waals surface area contributed by atoms with E-state index in [1.54, 1.807) is 12.1 Å². The number of aromatic hydroxyl groups is 1. The van der Waals surface area contributed by atoms with E-state index in [-0.39, 0.29) is 22.9 Å². The third kappa shape index (κ3) is 4.96. The van der Waals surface area contributed by atoms with Crippen LogP contribution in [0.3, 0.4) is 0 Å². The highest BCUT2D eigenvalue weighted by atomic mass is 16.3. The standard InChI is InChI=1S/C17H25N3O3/c1-16(2)9-12(10-17(3,4)20-16)19-15(23)14(22)18-11-6-5-7-13(21)8-11/h5-8,12,20-21H,9-10H2,1-4H3,(H,18,22)(H,19,23). The van der Waals surface area contributed by atoms with Crippen LogP contribution in [0.15, 0.2) is 24.3 Å². The zero-order chi connectivity index (χ0) is 17.3. The number of hydrogen-bond acceptors (Lipinski definition) is 4. The molecule has 0 saturated carbocycles. The van der Waals surface area contributed by atoms with E-state index in [0.29, 0.717) is 5.69 Å². The highest BCUT2D eigenvalue weighted by Gasteiger charge is 2.38. The molecular formula is C17H25N3O3. The van der Waals surface area contributed by atoms with Crippen molar-refractivity contribution in [1.29, 1.82) is 0 Å². The maximum atomic E-state index is 12.1. The van der Waals surface area contributed by atoms with E-state index in [4.69, 9.17) is 0 Å². The van der Waals surface area contributed by atoms with Crippen molar-refractivity contribution in [3.05, 3.63) is 24.3 Å². The molecule has 2 rings (SSSR count). The maximum Gasteiger partial charge on any atom is 0.313 e. The van der Waals surface area contributed by atoms with Gasteiger partial charge in [-0.15, -0.1) is 0 Å². The van der Waals surface area contributed by atoms with Gasteiger partial charge in [-0.25, -0.2) is 0 Å². The van der Waals surface area contributed by atoms with Crippen LogP contribution in [-0.2, 0) is 9.59 Å². The first-order valence-electron chi connectivity index (χ1n) is 7.77. The normalized spacial score (nSPS) is 19.8. The van der Waals surface area contributed by atoms with E-state index < -0.39 is 11.8 Å². The molecule has 1 aromatic rings. The van der Waals surface area contributed by atoms with Crippen molar-refractivity contribution in [3.8, 4) is 5.75 Å². The van der Waals surface area contributed by atoms with Crippen LogP contribution in [0.1, 0.15) is 40.5 Å². The molecule has 2 amide bonds. The van der Waals surface area contributed by atoms with E-state index >= 15 is 0 Å². The Labute approximate surface area is 136 Å². The summed E-state index contributed by atoms with van der Waals surface area (Å²) < 4.78 is 0. The van der Waals surface area contributed by atoms with Gasteiger partial charge in [0, 0.05) is 28.9 Å². The maximum absolute atomic E-state index is 12.1. The third-order valence-electron chi connectivity index (χ3n) is 3.84. The Morgan fingerprint density at radius 3 is 2.30 bits per heavy atom. The Bertz CT molecular complexity index is 595. The lowest BCUT2D eigenvalue weighted by molar-refractivity contribution is -0.137. The highest BCUT2D eigenvalue weighted by Crippen LogP contribution is 2.28. The van der Waals surface area contributed by atoms with Gasteiger partial charge in [0.25, 0.3) is 0 Å². The van der Waals surface area contributed by atoms with Crippen LogP contribution in [0.2, 0.25) is 0 Å². The van der Waals surface area contributed by atoms with Crippen LogP contribution in [0.25, 0.3) is 0 Å². The van der Waals surface area contributed by atoms with Gasteiger partial charge in [-0.05, 0) is 52.7 Å². The van der Waals surface area contributed by atoms with Crippen molar-refractivity contribution in [3.63, 3.8) is 0 Å². The molecule has 6 heteroatoms. The molecule has 0 radical (unpaired) electrons. The molecule has 0 unspecified atom stereocenters. The molecule has 126 valence electrons. The van der Waals surface area contributed by atoms with Gasteiger partial charge >= 0.3 is 11.8 Å². The lowest BCUT2D eigenvalue weighted by Crippen LogP contribution is -2.62. The number of piperidine rings is 1. The zero-order valence-corrected chi connectivity index (χ0v) is 14.1. The first-order chi connectivity index (χ1) is 10.6. The van der Waals surface area contributed by atoms with Gasteiger partial charge in [0.05, 0.1) is 0 Å². The average molecular weight is 319 g/mol. The Morgan fingerprint density at radius 2 is 1.74 bits per heavy atom. The first-order valence-corrected chi connectivity index (χ1v) is 7.77. The zero-order valence-electron chi connectivity index (χ0n) is 14.1. The fraction of sp³-hybridized carbons (Fsp3) is 0.529. The number of carbonyl (C=O) groups is 2. The predicted octanol–water partition coefficient (Wildman–Crippen LogP) is 1.76. The molecule has 0 atom stereocenters. The molecule has 1 saturated heterocycles. The van der Waals surface area contributed by atoms with Crippen LogP contribution in [0, 0.1) is 0 Å². The lowest BCUT2D eigenvalue weighted by atomic mass is 9.79. The largest absolute Gasteiger partial charge is 0.508 e. The monoisotopic (exact) mass is 319 g/mol. The Hall–Kier alpha value is -2.08. The summed E-state index contributed by atoms with van der Waals surface area (Å²) >= 11 is 0. The molecule has 1 aliphatic rings. The van der Waals surface area contributed by atoms with E-state index in [2.05, 4.69) is 43.6 Å². The summed E-state index contributed by atoms with van der Waals surface area (Å²) in [5.74, 6) is -1.36. The summed E-state index contributed by atoms with van der Waals surface area (Å²) in [5.41, 5.74) is 0.166. The number of carbonyl (C=O) groups excluding carboxylic acids is 2. The summed E-state index contributed by atoms with van der Waals surface area (Å²) in [7, 11) is 0. The smallest absolute Gasteiger partial charge is 0.313 e. The third-order valence-corrected chi connectivity index (χ3v) is 3.84. The second kappa shape index (κ2) is 6.20. The fourth-order valence-electron chi connectivity index (χ4n) is 3.45. The topological polar surface area (TPSA) is 90.5 Å². The molecule has 0 aromatic heterocycles. The second-order valence-corrected chi connectivity index (χ2v) is 7.48. The van der Waals surface area contributed by atoms with Gasteiger partial charge in [-0.2, -0.15) is 0 Å². The molecule has 1 heterocycles. The van der Waals surface area contributed by atoms with Crippen molar-refractivity contribution < 1.29 is 14.7 Å². The van der Waals surface area contributed by atoms with Gasteiger partial charge in [-0.3, -0.25) is 9.59 Å². The molecule has 0 aliphatic carbocycles. The molecule has 0 bridgehead atoms. The van der Waals surface area contributed by atoms with E-state index in [9.17, 15) is 14.7 Å². The number of nitrogens with one attached hydrogen (secondary N) is 3. The summed E-state index contributed by atoms with van der Waals surface area (Å²) in [6, 6.07) is 6.03. The summed E-state index contributed by atoms with van der Waals surface area (Å²) in [4.78, 5) is 24.1. The first kappa shape index (κ1) is 17.3. The fourth-order valence-corrected chi connectivity index (χ4v) is 3.45. The van der Waals surface area contributed by atoms with Crippen LogP contribution < -0.4 is 16.0 Å². The predicted molar refractivity (Wildman–Crippen MR) is 89.2 cm³/mol. The number of anilines is 1. The number of phenolic OH excluding ortho intramolecular Hbond substituents is 1. The molecule has 1 fully saturated rings. The van der Waals surface area contributed by atoms with Crippen molar-refractivity contribution in [1.82, 2.24) is 10.6 Å². The highest BCUT2D eigenvalue weighted by molar-refractivity contribution is 6.39. The molecule has 4 N–H and O–H groups in total. The minimum absolute atomic E-state index is 0.0325. The molecular weight excluding hydrogens is 294 g/mol. The van der Waals surface area contributed by atoms with E-state index in [1.165, 1.54) is 12.1 Å². The number of benzene rings is 1. The quantitative estimate of drug-likeness (QED) is 0.625.